The molecular weight excluding hydrogens is 420 g/mol. The maximum Gasteiger partial charge on any atom is 0.321 e. The van der Waals surface area contributed by atoms with Crippen molar-refractivity contribution < 1.29 is 14.3 Å². The van der Waals surface area contributed by atoms with E-state index in [1.165, 1.54) is 0 Å². The first kappa shape index (κ1) is 20.6. The zero-order chi connectivity index (χ0) is 22.6. The summed E-state index contributed by atoms with van der Waals surface area (Å²) in [6.07, 6.45) is 3.89. The van der Waals surface area contributed by atoms with Gasteiger partial charge in [-0.25, -0.2) is 4.79 Å². The van der Waals surface area contributed by atoms with Crippen molar-refractivity contribution >= 4 is 34.4 Å². The summed E-state index contributed by atoms with van der Waals surface area (Å²) in [5.41, 5.74) is 2.09. The Morgan fingerprint density at radius 1 is 1.00 bits per heavy atom. The highest BCUT2D eigenvalue weighted by molar-refractivity contribution is 5.90. The molecule has 168 valence electrons. The third-order valence-electron chi connectivity index (χ3n) is 5.42. The SMILES string of the molecule is COc1ccc(Oc2nc(Nc3cccc(NC(=O)N4CCCC4)c3)nc3[nH]ccc23)cc1. The van der Waals surface area contributed by atoms with E-state index in [1.807, 2.05) is 59.5 Å². The number of benzene rings is 2. The minimum atomic E-state index is -0.0797. The summed E-state index contributed by atoms with van der Waals surface area (Å²) < 4.78 is 11.2. The number of H-pyrrole nitrogens is 1. The second kappa shape index (κ2) is 9.07. The number of anilines is 3. The highest BCUT2D eigenvalue weighted by Gasteiger charge is 2.18. The number of hydrogen-bond acceptors (Lipinski definition) is 6. The largest absolute Gasteiger partial charge is 0.497 e. The maximum atomic E-state index is 12.4. The van der Waals surface area contributed by atoms with E-state index in [2.05, 4.69) is 25.6 Å². The molecule has 1 fully saturated rings. The molecule has 0 saturated carbocycles. The van der Waals surface area contributed by atoms with Gasteiger partial charge in [0.2, 0.25) is 11.8 Å². The van der Waals surface area contributed by atoms with Crippen molar-refractivity contribution in [2.75, 3.05) is 30.8 Å². The van der Waals surface area contributed by atoms with Gasteiger partial charge in [-0.3, -0.25) is 0 Å². The summed E-state index contributed by atoms with van der Waals surface area (Å²) in [5, 5.41) is 6.93. The number of hydrogen-bond donors (Lipinski definition) is 3. The first-order chi connectivity index (χ1) is 16.2. The number of urea groups is 1. The Hall–Kier alpha value is -4.27. The van der Waals surface area contributed by atoms with Crippen LogP contribution in [0.5, 0.6) is 17.4 Å². The smallest absolute Gasteiger partial charge is 0.321 e. The highest BCUT2D eigenvalue weighted by atomic mass is 16.5. The Morgan fingerprint density at radius 2 is 1.76 bits per heavy atom. The van der Waals surface area contributed by atoms with Crippen LogP contribution < -0.4 is 20.1 Å². The molecule has 0 bridgehead atoms. The average Bonchev–Trinajstić information content (AvgIpc) is 3.52. The van der Waals surface area contributed by atoms with E-state index in [4.69, 9.17) is 9.47 Å². The van der Waals surface area contributed by atoms with Gasteiger partial charge in [-0.2, -0.15) is 9.97 Å². The molecule has 0 aliphatic carbocycles. The summed E-state index contributed by atoms with van der Waals surface area (Å²) in [4.78, 5) is 26.4. The van der Waals surface area contributed by atoms with Crippen LogP contribution in [0.15, 0.2) is 60.8 Å². The fourth-order valence-electron chi connectivity index (χ4n) is 3.73. The number of carbonyl (C=O) groups excluding carboxylic acids is 1. The quantitative estimate of drug-likeness (QED) is 0.381. The molecule has 0 radical (unpaired) electrons. The molecule has 5 rings (SSSR count). The van der Waals surface area contributed by atoms with Crippen molar-refractivity contribution in [1.29, 1.82) is 0 Å². The van der Waals surface area contributed by atoms with E-state index < -0.39 is 0 Å². The van der Waals surface area contributed by atoms with Crippen molar-refractivity contribution in [2.24, 2.45) is 0 Å². The number of methoxy groups -OCH3 is 1. The first-order valence-corrected chi connectivity index (χ1v) is 10.8. The predicted molar refractivity (Wildman–Crippen MR) is 127 cm³/mol. The predicted octanol–water partition coefficient (Wildman–Crippen LogP) is 5.13. The van der Waals surface area contributed by atoms with Gasteiger partial charge in [-0.15, -0.1) is 0 Å². The van der Waals surface area contributed by atoms with Crippen molar-refractivity contribution in [3.63, 3.8) is 0 Å². The molecule has 9 heteroatoms. The molecule has 2 aromatic carbocycles. The molecule has 2 aromatic heterocycles. The van der Waals surface area contributed by atoms with Crippen molar-refractivity contribution in [1.82, 2.24) is 19.9 Å². The molecule has 1 aliphatic rings. The Balaban J connectivity index is 1.36. The van der Waals surface area contributed by atoms with Crippen LogP contribution in [0.4, 0.5) is 22.1 Å². The highest BCUT2D eigenvalue weighted by Crippen LogP contribution is 2.30. The number of fused-ring (bicyclic) bond motifs is 1. The van der Waals surface area contributed by atoms with Crippen LogP contribution in [0, 0.1) is 0 Å². The van der Waals surface area contributed by atoms with E-state index >= 15 is 0 Å². The Morgan fingerprint density at radius 3 is 2.55 bits per heavy atom. The minimum absolute atomic E-state index is 0.0797. The lowest BCUT2D eigenvalue weighted by molar-refractivity contribution is 0.222. The van der Waals surface area contributed by atoms with Crippen LogP contribution >= 0.6 is 0 Å². The van der Waals surface area contributed by atoms with Gasteiger partial charge < -0.3 is 30.0 Å². The zero-order valence-electron chi connectivity index (χ0n) is 18.2. The summed E-state index contributed by atoms with van der Waals surface area (Å²) >= 11 is 0. The molecule has 9 nitrogen and oxygen atoms in total. The maximum absolute atomic E-state index is 12.4. The zero-order valence-corrected chi connectivity index (χ0v) is 18.2. The first-order valence-electron chi connectivity index (χ1n) is 10.8. The van der Waals surface area contributed by atoms with E-state index in [1.54, 1.807) is 13.3 Å². The summed E-state index contributed by atoms with van der Waals surface area (Å²) in [5.74, 6) is 2.18. The van der Waals surface area contributed by atoms with Crippen LogP contribution in [-0.2, 0) is 0 Å². The molecule has 4 aromatic rings. The lowest BCUT2D eigenvalue weighted by Gasteiger charge is -2.16. The van der Waals surface area contributed by atoms with Gasteiger partial charge in [0.05, 0.1) is 12.5 Å². The van der Waals surface area contributed by atoms with Gasteiger partial charge in [0.25, 0.3) is 0 Å². The Kier molecular flexibility index (Phi) is 5.67. The summed E-state index contributed by atoms with van der Waals surface area (Å²) in [6, 6.07) is 16.5. The molecule has 1 aliphatic heterocycles. The number of nitrogens with zero attached hydrogens (tertiary/aromatic N) is 3. The van der Waals surface area contributed by atoms with E-state index in [9.17, 15) is 4.79 Å². The van der Waals surface area contributed by atoms with Gasteiger partial charge in [-0.1, -0.05) is 6.07 Å². The molecule has 3 heterocycles. The number of aromatic nitrogens is 3. The van der Waals surface area contributed by atoms with Crippen LogP contribution in [0.2, 0.25) is 0 Å². The Bertz CT molecular complexity index is 1260. The lowest BCUT2D eigenvalue weighted by atomic mass is 10.3. The number of rotatable bonds is 6. The summed E-state index contributed by atoms with van der Waals surface area (Å²) in [6.45, 7) is 1.59. The number of ether oxygens (including phenoxy) is 2. The van der Waals surface area contributed by atoms with Crippen molar-refractivity contribution in [3.8, 4) is 17.4 Å². The second-order valence-corrected chi connectivity index (χ2v) is 7.70. The Labute approximate surface area is 190 Å². The molecule has 2 amide bonds. The van der Waals surface area contributed by atoms with Crippen LogP contribution in [0.1, 0.15) is 12.8 Å². The molecule has 1 saturated heterocycles. The van der Waals surface area contributed by atoms with E-state index in [-0.39, 0.29) is 6.03 Å². The van der Waals surface area contributed by atoms with Crippen LogP contribution in [-0.4, -0.2) is 46.1 Å². The topological polar surface area (TPSA) is 104 Å². The standard InChI is InChI=1S/C24H24N6O3/c1-32-18-7-9-19(10-8-18)33-22-20-11-12-25-21(20)28-23(29-22)26-16-5-4-6-17(15-16)27-24(31)30-13-2-3-14-30/h4-12,15H,2-3,13-14H2,1H3,(H,27,31)(H2,25,26,28,29). The fraction of sp³-hybridized carbons (Fsp3) is 0.208. The van der Waals surface area contributed by atoms with Crippen molar-refractivity contribution in [3.05, 3.63) is 60.8 Å². The molecule has 0 atom stereocenters. The number of carbonyl (C=O) groups is 1. The monoisotopic (exact) mass is 444 g/mol. The number of likely N-dealkylation sites (tertiary alicyclic amines) is 1. The number of nitrogens with one attached hydrogen (secondary N) is 3. The van der Waals surface area contributed by atoms with Gasteiger partial charge in [0.15, 0.2) is 0 Å². The molecule has 0 unspecified atom stereocenters. The molecule has 33 heavy (non-hydrogen) atoms. The normalized spacial score (nSPS) is 13.2. The van der Waals surface area contributed by atoms with Gasteiger partial charge in [0, 0.05) is 30.7 Å². The lowest BCUT2D eigenvalue weighted by Crippen LogP contribution is -2.32. The third kappa shape index (κ3) is 4.67. The minimum Gasteiger partial charge on any atom is -0.497 e. The number of aromatic amines is 1. The second-order valence-electron chi connectivity index (χ2n) is 7.70. The van der Waals surface area contributed by atoms with Gasteiger partial charge in [-0.05, 0) is 61.4 Å². The van der Waals surface area contributed by atoms with E-state index in [0.29, 0.717) is 28.9 Å². The molecule has 3 N–H and O–H groups in total. The van der Waals surface area contributed by atoms with Crippen LogP contribution in [0.3, 0.4) is 0 Å². The fourth-order valence-corrected chi connectivity index (χ4v) is 3.73. The van der Waals surface area contributed by atoms with Gasteiger partial charge >= 0.3 is 6.03 Å². The van der Waals surface area contributed by atoms with E-state index in [0.717, 1.165) is 42.8 Å². The number of amides is 2. The van der Waals surface area contributed by atoms with Crippen molar-refractivity contribution in [2.45, 2.75) is 12.8 Å². The third-order valence-corrected chi connectivity index (χ3v) is 5.42. The average molecular weight is 444 g/mol. The molecular formula is C24H24N6O3. The van der Waals surface area contributed by atoms with Gasteiger partial charge in [0.1, 0.15) is 17.1 Å². The summed E-state index contributed by atoms with van der Waals surface area (Å²) in [7, 11) is 1.62. The molecule has 0 spiro atoms. The van der Waals surface area contributed by atoms with Crippen LogP contribution in [0.25, 0.3) is 11.0 Å².